The second-order valence-corrected chi connectivity index (χ2v) is 11.4. The van der Waals surface area contributed by atoms with Gasteiger partial charge in [-0.15, -0.1) is 13.2 Å². The number of aliphatic hydroxyl groups excluding tert-OH is 3. The topological polar surface area (TPSA) is 99.2 Å². The van der Waals surface area contributed by atoms with E-state index in [2.05, 4.69) is 26.2 Å². The van der Waals surface area contributed by atoms with Crippen LogP contribution in [0.3, 0.4) is 0 Å². The predicted octanol–water partition coefficient (Wildman–Crippen LogP) is 0.471. The quantitative estimate of drug-likeness (QED) is 0.517. The molecule has 0 radical (unpaired) electrons. The fourth-order valence-electron chi connectivity index (χ4n) is 2.91. The van der Waals surface area contributed by atoms with Crippen molar-refractivity contribution < 1.29 is 20.1 Å². The molecule has 2 rings (SSSR count). The molecule has 7 heteroatoms. The van der Waals surface area contributed by atoms with Crippen molar-refractivity contribution in [2.24, 2.45) is 5.73 Å². The number of hydrogen-bond donors (Lipinski definition) is 4. The van der Waals surface area contributed by atoms with Gasteiger partial charge in [-0.25, -0.2) is 0 Å². The van der Waals surface area contributed by atoms with Crippen molar-refractivity contribution in [3.05, 3.63) is 35.8 Å². The summed E-state index contributed by atoms with van der Waals surface area (Å²) >= 11 is 0. The van der Waals surface area contributed by atoms with Gasteiger partial charge in [-0.1, -0.05) is 6.58 Å². The Morgan fingerprint density at radius 1 is 1.33 bits per heavy atom. The molecule has 0 aromatic heterocycles. The molecule has 0 aliphatic carbocycles. The van der Waals surface area contributed by atoms with E-state index in [1.807, 2.05) is 0 Å². The highest BCUT2D eigenvalue weighted by Crippen LogP contribution is 2.39. The van der Waals surface area contributed by atoms with Crippen molar-refractivity contribution in [2.45, 2.75) is 37.4 Å². The van der Waals surface area contributed by atoms with Gasteiger partial charge in [0.15, 0.2) is 6.23 Å². The number of allylic oxidation sites excluding steroid dienone is 2. The van der Waals surface area contributed by atoms with E-state index in [4.69, 9.17) is 15.6 Å². The van der Waals surface area contributed by atoms with E-state index in [1.54, 1.807) is 17.2 Å². The smallest absolute Gasteiger partial charge is 0.163 e. The Hall–Kier alpha value is -1.04. The van der Waals surface area contributed by atoms with Gasteiger partial charge in [-0.2, -0.15) is 0 Å². The van der Waals surface area contributed by atoms with E-state index >= 15 is 0 Å². The van der Waals surface area contributed by atoms with Crippen molar-refractivity contribution >= 4 is 13.2 Å². The van der Waals surface area contributed by atoms with Crippen LogP contribution in [0, 0.1) is 0 Å². The van der Waals surface area contributed by atoms with Gasteiger partial charge in [0, 0.05) is 24.2 Å². The standard InChI is InChI=1S/C17H29N2O4P/c1-11-9-13(18)12(5-7-20)10-19(11)17-16(22)15(21)14(23-17)6-8-24(2,3)4/h9-10,14-17,20-22H,1-2,5-8,18H2,3-4H3/t14-,15-,16-,17-/m1/s1. The summed E-state index contributed by atoms with van der Waals surface area (Å²) in [6.07, 6.45) is 6.38. The van der Waals surface area contributed by atoms with Crippen molar-refractivity contribution in [1.82, 2.24) is 4.90 Å². The molecule has 0 aromatic carbocycles. The molecule has 4 atom stereocenters. The van der Waals surface area contributed by atoms with Crippen LogP contribution in [0.1, 0.15) is 12.8 Å². The van der Waals surface area contributed by atoms with Crippen molar-refractivity contribution in [3.63, 3.8) is 0 Å². The zero-order chi connectivity index (χ0) is 18.1. The molecule has 0 amide bonds. The van der Waals surface area contributed by atoms with E-state index in [9.17, 15) is 10.2 Å². The molecule has 136 valence electrons. The van der Waals surface area contributed by atoms with Crippen molar-refractivity contribution in [3.8, 4) is 0 Å². The lowest BCUT2D eigenvalue weighted by atomic mass is 10.0. The van der Waals surface area contributed by atoms with E-state index < -0.39 is 31.4 Å². The van der Waals surface area contributed by atoms with Crippen molar-refractivity contribution in [2.75, 3.05) is 26.1 Å². The average molecular weight is 356 g/mol. The van der Waals surface area contributed by atoms with E-state index in [0.29, 0.717) is 24.2 Å². The Morgan fingerprint density at radius 3 is 2.58 bits per heavy atom. The molecule has 2 heterocycles. The van der Waals surface area contributed by atoms with E-state index in [-0.39, 0.29) is 6.61 Å². The molecule has 2 aliphatic heterocycles. The van der Waals surface area contributed by atoms with Gasteiger partial charge >= 0.3 is 0 Å². The summed E-state index contributed by atoms with van der Waals surface area (Å²) in [4.78, 5) is 1.68. The molecule has 5 N–H and O–H groups in total. The van der Waals surface area contributed by atoms with Crippen LogP contribution >= 0.6 is 6.89 Å². The molecule has 0 saturated carbocycles. The summed E-state index contributed by atoms with van der Waals surface area (Å²) in [6.45, 7) is 6.95. The molecule has 0 unspecified atom stereocenters. The maximum atomic E-state index is 10.4. The molecule has 1 saturated heterocycles. The maximum Gasteiger partial charge on any atom is 0.163 e. The lowest BCUT2D eigenvalue weighted by Crippen LogP contribution is -2.41. The van der Waals surface area contributed by atoms with Crippen LogP contribution in [-0.2, 0) is 4.74 Å². The molecule has 6 nitrogen and oxygen atoms in total. The van der Waals surface area contributed by atoms with Crippen LogP contribution in [0.25, 0.3) is 0 Å². The molecule has 0 aromatic rings. The highest BCUT2D eigenvalue weighted by molar-refractivity contribution is 7.72. The molecule has 0 bridgehead atoms. The minimum Gasteiger partial charge on any atom is -0.398 e. The number of nitrogens with two attached hydrogens (primary N) is 1. The Bertz CT molecular complexity index is 595. The first-order valence-electron chi connectivity index (χ1n) is 8.09. The van der Waals surface area contributed by atoms with Crippen molar-refractivity contribution in [1.29, 1.82) is 0 Å². The third-order valence-corrected chi connectivity index (χ3v) is 5.80. The summed E-state index contributed by atoms with van der Waals surface area (Å²) < 4.78 is 5.93. The zero-order valence-electron chi connectivity index (χ0n) is 14.4. The molecule has 24 heavy (non-hydrogen) atoms. The van der Waals surface area contributed by atoms with Crippen LogP contribution in [0.15, 0.2) is 35.8 Å². The normalized spacial score (nSPS) is 31.2. The second kappa shape index (κ2) is 7.46. The summed E-state index contributed by atoms with van der Waals surface area (Å²) in [5, 5.41) is 29.9. The second-order valence-electron chi connectivity index (χ2n) is 7.12. The van der Waals surface area contributed by atoms with E-state index in [0.717, 1.165) is 11.7 Å². The van der Waals surface area contributed by atoms with Crippen LogP contribution in [0.4, 0.5) is 0 Å². The lowest BCUT2D eigenvalue weighted by Gasteiger charge is -2.33. The average Bonchev–Trinajstić information content (AvgIpc) is 2.75. The van der Waals surface area contributed by atoms with Crippen LogP contribution in [0.2, 0.25) is 0 Å². The number of aliphatic hydroxyl groups is 3. The minimum atomic E-state index is -1.23. The van der Waals surface area contributed by atoms with Gasteiger partial charge in [-0.3, -0.25) is 0 Å². The first kappa shape index (κ1) is 19.3. The molecular weight excluding hydrogens is 327 g/mol. The maximum absolute atomic E-state index is 10.4. The largest absolute Gasteiger partial charge is 0.398 e. The molecule has 0 spiro atoms. The number of ether oxygens (including phenoxy) is 1. The SMILES string of the molecule is C=C1C=C(N)C(CCO)=CN1[C@@H]1O[C@H](CCP(=C)(C)C)[C@@H](O)[C@H]1O. The predicted molar refractivity (Wildman–Crippen MR) is 99.1 cm³/mol. The summed E-state index contributed by atoms with van der Waals surface area (Å²) in [6, 6.07) is 0. The van der Waals surface area contributed by atoms with Crippen LogP contribution in [0.5, 0.6) is 0 Å². The van der Waals surface area contributed by atoms with Gasteiger partial charge in [0.25, 0.3) is 0 Å². The molecule has 1 fully saturated rings. The van der Waals surface area contributed by atoms with Crippen LogP contribution < -0.4 is 5.73 Å². The number of hydrogen-bond acceptors (Lipinski definition) is 6. The van der Waals surface area contributed by atoms with Gasteiger partial charge in [0.1, 0.15) is 12.2 Å². The minimum absolute atomic E-state index is 0.0255. The Balaban J connectivity index is 2.14. The molecule has 2 aliphatic rings. The highest BCUT2D eigenvalue weighted by atomic mass is 31.2. The Morgan fingerprint density at radius 2 is 2.00 bits per heavy atom. The lowest BCUT2D eigenvalue weighted by molar-refractivity contribution is -0.0566. The van der Waals surface area contributed by atoms with E-state index in [1.165, 1.54) is 0 Å². The highest BCUT2D eigenvalue weighted by Gasteiger charge is 2.45. The third kappa shape index (κ3) is 4.32. The fraction of sp³-hybridized carbons (Fsp3) is 0.588. The van der Waals surface area contributed by atoms with Gasteiger partial charge in [0.2, 0.25) is 0 Å². The number of rotatable bonds is 6. The third-order valence-electron chi connectivity index (χ3n) is 4.33. The number of nitrogens with zero attached hydrogens (tertiary/aromatic N) is 1. The monoisotopic (exact) mass is 356 g/mol. The first-order valence-corrected chi connectivity index (χ1v) is 11.1. The summed E-state index contributed by atoms with van der Waals surface area (Å²) in [5.41, 5.74) is 7.81. The summed E-state index contributed by atoms with van der Waals surface area (Å²) in [5.74, 6) is 0. The zero-order valence-corrected chi connectivity index (χ0v) is 15.3. The van der Waals surface area contributed by atoms with Crippen LogP contribution in [-0.4, -0.2) is 77.2 Å². The Labute approximate surface area is 143 Å². The van der Waals surface area contributed by atoms with Gasteiger partial charge in [0.05, 0.1) is 6.10 Å². The van der Waals surface area contributed by atoms with Gasteiger partial charge in [-0.05, 0) is 44.0 Å². The Kier molecular flexibility index (Phi) is 6.00. The molecular formula is C17H29N2O4P. The van der Waals surface area contributed by atoms with Gasteiger partial charge < -0.3 is 30.7 Å². The first-order chi connectivity index (χ1) is 11.1. The fourth-order valence-corrected chi connectivity index (χ4v) is 3.87. The summed E-state index contributed by atoms with van der Waals surface area (Å²) in [7, 11) is 0.